The van der Waals surface area contributed by atoms with Crippen LogP contribution in [0.2, 0.25) is 0 Å². The Morgan fingerprint density at radius 2 is 2.00 bits per heavy atom. The van der Waals surface area contributed by atoms with E-state index in [1.165, 1.54) is 31.9 Å². The Morgan fingerprint density at radius 1 is 1.24 bits per heavy atom. The standard InChI is InChI=1S/C16H18N2O3/c1-20-14-7-10(9-4-3-5-9)6-13-11(14)8-12(15(17)19)16(18-13)21-2/h6-9H,3-5H2,1-2H3,(H2,17,19). The fourth-order valence-electron chi connectivity index (χ4n) is 2.72. The molecule has 0 aliphatic heterocycles. The number of benzene rings is 1. The first kappa shape index (κ1) is 13.7. The molecule has 0 unspecified atom stereocenters. The van der Waals surface area contributed by atoms with E-state index in [0.717, 1.165) is 10.9 Å². The minimum absolute atomic E-state index is 0.253. The average molecular weight is 286 g/mol. The molecular weight excluding hydrogens is 268 g/mol. The lowest BCUT2D eigenvalue weighted by Gasteiger charge is -2.26. The van der Waals surface area contributed by atoms with Crippen molar-refractivity contribution in [1.29, 1.82) is 0 Å². The van der Waals surface area contributed by atoms with Crippen LogP contribution in [0.3, 0.4) is 0 Å². The highest BCUT2D eigenvalue weighted by Gasteiger charge is 2.22. The molecule has 0 spiro atoms. The van der Waals surface area contributed by atoms with E-state index in [2.05, 4.69) is 11.1 Å². The molecule has 1 aromatic carbocycles. The van der Waals surface area contributed by atoms with Gasteiger partial charge in [-0.2, -0.15) is 0 Å². The molecule has 0 saturated heterocycles. The van der Waals surface area contributed by atoms with Gasteiger partial charge >= 0.3 is 0 Å². The van der Waals surface area contributed by atoms with Gasteiger partial charge < -0.3 is 15.2 Å². The fraction of sp³-hybridized carbons (Fsp3) is 0.375. The van der Waals surface area contributed by atoms with E-state index in [4.69, 9.17) is 15.2 Å². The predicted octanol–water partition coefficient (Wildman–Crippen LogP) is 2.62. The van der Waals surface area contributed by atoms with E-state index >= 15 is 0 Å². The zero-order valence-corrected chi connectivity index (χ0v) is 12.2. The number of amides is 1. The third-order valence-electron chi connectivity index (χ3n) is 4.14. The van der Waals surface area contributed by atoms with Gasteiger partial charge in [-0.3, -0.25) is 4.79 Å². The molecule has 0 radical (unpaired) electrons. The topological polar surface area (TPSA) is 74.4 Å². The Hall–Kier alpha value is -2.30. The van der Waals surface area contributed by atoms with Crippen molar-refractivity contribution in [2.75, 3.05) is 14.2 Å². The number of fused-ring (bicyclic) bond motifs is 1. The third-order valence-corrected chi connectivity index (χ3v) is 4.14. The van der Waals surface area contributed by atoms with E-state index in [1.807, 2.05) is 6.07 Å². The second kappa shape index (κ2) is 5.24. The van der Waals surface area contributed by atoms with Crippen molar-refractivity contribution in [3.8, 4) is 11.6 Å². The molecule has 110 valence electrons. The van der Waals surface area contributed by atoms with E-state index in [1.54, 1.807) is 13.2 Å². The summed E-state index contributed by atoms with van der Waals surface area (Å²) in [5.41, 5.74) is 7.64. The Balaban J connectivity index is 2.23. The highest BCUT2D eigenvalue weighted by molar-refractivity contribution is 6.00. The number of methoxy groups -OCH3 is 2. The maximum absolute atomic E-state index is 11.5. The quantitative estimate of drug-likeness (QED) is 0.937. The number of nitrogens with zero attached hydrogens (tertiary/aromatic N) is 1. The number of primary amides is 1. The normalized spacial score (nSPS) is 14.8. The molecule has 1 aromatic heterocycles. The molecule has 1 amide bonds. The number of rotatable bonds is 4. The molecule has 3 rings (SSSR count). The summed E-state index contributed by atoms with van der Waals surface area (Å²) in [6.45, 7) is 0. The Kier molecular flexibility index (Phi) is 3.41. The number of aromatic nitrogens is 1. The first-order chi connectivity index (χ1) is 10.1. The minimum Gasteiger partial charge on any atom is -0.496 e. The van der Waals surface area contributed by atoms with Crippen molar-refractivity contribution in [2.24, 2.45) is 5.73 Å². The van der Waals surface area contributed by atoms with Crippen LogP contribution in [0.4, 0.5) is 0 Å². The molecule has 1 heterocycles. The smallest absolute Gasteiger partial charge is 0.254 e. The second-order valence-corrected chi connectivity index (χ2v) is 5.33. The van der Waals surface area contributed by atoms with Crippen molar-refractivity contribution < 1.29 is 14.3 Å². The zero-order valence-electron chi connectivity index (χ0n) is 12.2. The minimum atomic E-state index is -0.564. The molecule has 1 aliphatic rings. The maximum atomic E-state index is 11.5. The number of ether oxygens (including phenoxy) is 2. The highest BCUT2D eigenvalue weighted by atomic mass is 16.5. The van der Waals surface area contributed by atoms with Gasteiger partial charge in [-0.25, -0.2) is 4.98 Å². The second-order valence-electron chi connectivity index (χ2n) is 5.33. The van der Waals surface area contributed by atoms with Crippen LogP contribution < -0.4 is 15.2 Å². The summed E-state index contributed by atoms with van der Waals surface area (Å²) in [5, 5.41) is 0.773. The number of carbonyl (C=O) groups excluding carboxylic acids is 1. The first-order valence-corrected chi connectivity index (χ1v) is 7.00. The fourth-order valence-corrected chi connectivity index (χ4v) is 2.72. The number of hydrogen-bond acceptors (Lipinski definition) is 4. The van der Waals surface area contributed by atoms with Crippen molar-refractivity contribution >= 4 is 16.8 Å². The monoisotopic (exact) mass is 286 g/mol. The van der Waals surface area contributed by atoms with Gasteiger partial charge in [0.25, 0.3) is 5.91 Å². The van der Waals surface area contributed by atoms with Crippen molar-refractivity contribution in [3.63, 3.8) is 0 Å². The molecule has 1 aliphatic carbocycles. The van der Waals surface area contributed by atoms with Crippen LogP contribution in [-0.4, -0.2) is 25.1 Å². The van der Waals surface area contributed by atoms with Crippen molar-refractivity contribution in [2.45, 2.75) is 25.2 Å². The molecule has 5 heteroatoms. The number of pyridine rings is 1. The summed E-state index contributed by atoms with van der Waals surface area (Å²) in [6.07, 6.45) is 3.67. The molecule has 1 fully saturated rings. The van der Waals surface area contributed by atoms with Gasteiger partial charge in [0, 0.05) is 5.39 Å². The van der Waals surface area contributed by atoms with Gasteiger partial charge in [-0.1, -0.05) is 6.42 Å². The van der Waals surface area contributed by atoms with Gasteiger partial charge in [0.2, 0.25) is 5.88 Å². The Bertz CT molecular complexity index is 708. The summed E-state index contributed by atoms with van der Waals surface area (Å²) in [5.74, 6) is 0.980. The summed E-state index contributed by atoms with van der Waals surface area (Å²) in [4.78, 5) is 15.9. The molecule has 2 aromatic rings. The van der Waals surface area contributed by atoms with Gasteiger partial charge in [0.05, 0.1) is 19.7 Å². The van der Waals surface area contributed by atoms with Gasteiger partial charge in [-0.05, 0) is 42.5 Å². The van der Waals surface area contributed by atoms with Crippen LogP contribution in [0.25, 0.3) is 10.9 Å². The van der Waals surface area contributed by atoms with Crippen LogP contribution in [0.15, 0.2) is 18.2 Å². The molecule has 2 N–H and O–H groups in total. The molecule has 5 nitrogen and oxygen atoms in total. The van der Waals surface area contributed by atoms with Crippen molar-refractivity contribution in [3.05, 3.63) is 29.3 Å². The average Bonchev–Trinajstić information content (AvgIpc) is 2.42. The van der Waals surface area contributed by atoms with Gasteiger partial charge in [0.1, 0.15) is 11.3 Å². The summed E-state index contributed by atoms with van der Waals surface area (Å²) in [6, 6.07) is 5.77. The van der Waals surface area contributed by atoms with E-state index in [-0.39, 0.29) is 11.4 Å². The molecular formula is C16H18N2O3. The highest BCUT2D eigenvalue weighted by Crippen LogP contribution is 2.40. The maximum Gasteiger partial charge on any atom is 0.254 e. The summed E-state index contributed by atoms with van der Waals surface area (Å²) >= 11 is 0. The Labute approximate surface area is 123 Å². The largest absolute Gasteiger partial charge is 0.496 e. The zero-order chi connectivity index (χ0) is 15.0. The first-order valence-electron chi connectivity index (χ1n) is 7.00. The lowest BCUT2D eigenvalue weighted by atomic mass is 9.79. The molecule has 0 bridgehead atoms. The van der Waals surface area contributed by atoms with Crippen LogP contribution >= 0.6 is 0 Å². The predicted molar refractivity (Wildman–Crippen MR) is 80.0 cm³/mol. The lowest BCUT2D eigenvalue weighted by Crippen LogP contribution is -2.14. The van der Waals surface area contributed by atoms with Crippen LogP contribution in [0.5, 0.6) is 11.6 Å². The molecule has 0 atom stereocenters. The number of hydrogen-bond donors (Lipinski definition) is 1. The molecule has 1 saturated carbocycles. The summed E-state index contributed by atoms with van der Waals surface area (Å²) in [7, 11) is 3.10. The number of nitrogens with two attached hydrogens (primary N) is 1. The van der Waals surface area contributed by atoms with Gasteiger partial charge in [-0.15, -0.1) is 0 Å². The van der Waals surface area contributed by atoms with E-state index < -0.39 is 5.91 Å². The van der Waals surface area contributed by atoms with Crippen LogP contribution in [-0.2, 0) is 0 Å². The number of carbonyl (C=O) groups is 1. The van der Waals surface area contributed by atoms with E-state index in [9.17, 15) is 4.79 Å². The van der Waals surface area contributed by atoms with Crippen molar-refractivity contribution in [1.82, 2.24) is 4.98 Å². The van der Waals surface area contributed by atoms with Gasteiger partial charge in [0.15, 0.2) is 0 Å². The SMILES string of the molecule is COc1nc2cc(C3CCC3)cc(OC)c2cc1C(N)=O. The molecule has 21 heavy (non-hydrogen) atoms. The van der Waals surface area contributed by atoms with E-state index in [0.29, 0.717) is 11.7 Å². The van der Waals surface area contributed by atoms with Crippen LogP contribution in [0.1, 0.15) is 41.1 Å². The Morgan fingerprint density at radius 3 is 2.52 bits per heavy atom. The van der Waals surface area contributed by atoms with Crippen LogP contribution in [0, 0.1) is 0 Å². The third kappa shape index (κ3) is 2.28. The lowest BCUT2D eigenvalue weighted by molar-refractivity contribution is 0.0997. The summed E-state index contributed by atoms with van der Waals surface area (Å²) < 4.78 is 10.6.